The summed E-state index contributed by atoms with van der Waals surface area (Å²) in [5.41, 5.74) is -0.679. The van der Waals surface area contributed by atoms with Gasteiger partial charge in [-0.25, -0.2) is 0 Å². The largest absolute Gasteiger partial charge is 0.433 e. The summed E-state index contributed by atoms with van der Waals surface area (Å²) < 4.78 is 37.8. The first kappa shape index (κ1) is 10.1. The summed E-state index contributed by atoms with van der Waals surface area (Å²) in [6.07, 6.45) is -3.13. The molecule has 0 fully saturated rings. The molecule has 0 bridgehead atoms. The van der Waals surface area contributed by atoms with E-state index in [1.165, 1.54) is 6.20 Å². The fourth-order valence-corrected chi connectivity index (χ4v) is 1.06. The van der Waals surface area contributed by atoms with Crippen LogP contribution in [0.4, 0.5) is 13.2 Å². The molecule has 13 heavy (non-hydrogen) atoms. The summed E-state index contributed by atoms with van der Waals surface area (Å²) in [5.74, 6) is 0.154. The van der Waals surface area contributed by atoms with Gasteiger partial charge in [0, 0.05) is 12.7 Å². The number of nitrogens with zero attached hydrogens (tertiary/aromatic N) is 2. The van der Waals surface area contributed by atoms with Crippen molar-refractivity contribution in [2.75, 3.05) is 0 Å². The summed E-state index contributed by atoms with van der Waals surface area (Å²) in [4.78, 5) is 0. The molecule has 0 atom stereocenters. The summed E-state index contributed by atoms with van der Waals surface area (Å²) in [5, 5.41) is 3.62. The van der Waals surface area contributed by atoms with Gasteiger partial charge in [0.25, 0.3) is 0 Å². The van der Waals surface area contributed by atoms with Crippen LogP contribution in [-0.4, -0.2) is 9.78 Å². The van der Waals surface area contributed by atoms with E-state index < -0.39 is 11.9 Å². The molecule has 5 heteroatoms. The molecule has 0 aliphatic carbocycles. The quantitative estimate of drug-likeness (QED) is 0.704. The third-order valence-electron chi connectivity index (χ3n) is 1.55. The Bertz CT molecular complexity index is 275. The normalized spacial score (nSPS) is 12.5. The maximum Gasteiger partial charge on any atom is 0.433 e. The van der Waals surface area contributed by atoms with Gasteiger partial charge >= 0.3 is 6.18 Å². The van der Waals surface area contributed by atoms with Crippen LogP contribution in [0.3, 0.4) is 0 Å². The molecule has 0 aliphatic rings. The van der Waals surface area contributed by atoms with Crippen molar-refractivity contribution < 1.29 is 13.2 Å². The van der Waals surface area contributed by atoms with E-state index in [2.05, 4.69) is 5.10 Å². The van der Waals surface area contributed by atoms with Crippen molar-refractivity contribution in [2.45, 2.75) is 26.6 Å². The molecule has 1 heterocycles. The number of hydrogen-bond acceptors (Lipinski definition) is 1. The van der Waals surface area contributed by atoms with Crippen molar-refractivity contribution in [1.29, 1.82) is 0 Å². The van der Waals surface area contributed by atoms with E-state index in [4.69, 9.17) is 0 Å². The Labute approximate surface area is 74.4 Å². The number of aromatic nitrogens is 2. The number of hydrogen-bond donors (Lipinski definition) is 0. The van der Waals surface area contributed by atoms with Gasteiger partial charge in [0.15, 0.2) is 0 Å². The van der Waals surface area contributed by atoms with Crippen molar-refractivity contribution >= 4 is 0 Å². The smallest absolute Gasteiger partial charge is 0.260 e. The second kappa shape index (κ2) is 3.40. The monoisotopic (exact) mass is 192 g/mol. The molecule has 74 valence electrons. The fourth-order valence-electron chi connectivity index (χ4n) is 1.06. The van der Waals surface area contributed by atoms with Crippen LogP contribution in [-0.2, 0) is 12.7 Å². The average molecular weight is 192 g/mol. The first-order valence-electron chi connectivity index (χ1n) is 4.00. The van der Waals surface area contributed by atoms with Gasteiger partial charge < -0.3 is 0 Å². The predicted octanol–water partition coefficient (Wildman–Crippen LogP) is 2.56. The molecule has 0 radical (unpaired) electrons. The molecule has 0 saturated carbocycles. The SMILES string of the molecule is CC(C)Cn1nccc1C(F)(F)F. The lowest BCUT2D eigenvalue weighted by atomic mass is 10.2. The van der Waals surface area contributed by atoms with Crippen LogP contribution in [0.5, 0.6) is 0 Å². The van der Waals surface area contributed by atoms with E-state index in [0.717, 1.165) is 10.7 Å². The zero-order chi connectivity index (χ0) is 10.1. The molecule has 0 spiro atoms. The third kappa shape index (κ3) is 2.47. The average Bonchev–Trinajstić information content (AvgIpc) is 2.31. The van der Waals surface area contributed by atoms with Crippen LogP contribution in [0.15, 0.2) is 12.3 Å². The molecular weight excluding hydrogens is 181 g/mol. The van der Waals surface area contributed by atoms with E-state index in [1.54, 1.807) is 0 Å². The first-order valence-corrected chi connectivity index (χ1v) is 4.00. The Morgan fingerprint density at radius 3 is 2.54 bits per heavy atom. The van der Waals surface area contributed by atoms with Gasteiger partial charge in [-0.1, -0.05) is 13.8 Å². The van der Waals surface area contributed by atoms with Gasteiger partial charge in [0.1, 0.15) is 5.69 Å². The van der Waals surface area contributed by atoms with Crippen LogP contribution in [0.1, 0.15) is 19.5 Å². The molecule has 0 N–H and O–H groups in total. The van der Waals surface area contributed by atoms with Crippen LogP contribution in [0.2, 0.25) is 0 Å². The maximum atomic E-state index is 12.3. The first-order chi connectivity index (χ1) is 5.91. The molecule has 1 rings (SSSR count). The fraction of sp³-hybridized carbons (Fsp3) is 0.625. The zero-order valence-corrected chi connectivity index (χ0v) is 7.47. The highest BCUT2D eigenvalue weighted by Gasteiger charge is 2.34. The van der Waals surface area contributed by atoms with Gasteiger partial charge in [-0.05, 0) is 12.0 Å². The standard InChI is InChI=1S/C8H11F3N2/c1-6(2)5-13-7(3-4-12-13)8(9,10)11/h3-4,6H,5H2,1-2H3. The van der Waals surface area contributed by atoms with Crippen molar-refractivity contribution in [1.82, 2.24) is 9.78 Å². The van der Waals surface area contributed by atoms with Gasteiger partial charge in [-0.15, -0.1) is 0 Å². The predicted molar refractivity (Wildman–Crippen MR) is 42.1 cm³/mol. The summed E-state index contributed by atoms with van der Waals surface area (Å²) in [7, 11) is 0. The van der Waals surface area contributed by atoms with Crippen molar-refractivity contribution in [3.63, 3.8) is 0 Å². The minimum absolute atomic E-state index is 0.154. The van der Waals surface area contributed by atoms with E-state index in [-0.39, 0.29) is 5.92 Å². The van der Waals surface area contributed by atoms with E-state index in [0.29, 0.717) is 6.54 Å². The highest BCUT2D eigenvalue weighted by Crippen LogP contribution is 2.28. The Morgan fingerprint density at radius 2 is 2.08 bits per heavy atom. The summed E-state index contributed by atoms with van der Waals surface area (Å²) >= 11 is 0. The molecule has 0 saturated heterocycles. The van der Waals surface area contributed by atoms with Crippen molar-refractivity contribution in [3.05, 3.63) is 18.0 Å². The van der Waals surface area contributed by atoms with Crippen molar-refractivity contribution in [3.8, 4) is 0 Å². The van der Waals surface area contributed by atoms with E-state index >= 15 is 0 Å². The summed E-state index contributed by atoms with van der Waals surface area (Å²) in [6.45, 7) is 3.99. The molecule has 0 aromatic carbocycles. The highest BCUT2D eigenvalue weighted by atomic mass is 19.4. The lowest BCUT2D eigenvalue weighted by Gasteiger charge is -2.11. The molecule has 1 aromatic heterocycles. The Hall–Kier alpha value is -1.00. The van der Waals surface area contributed by atoms with E-state index in [9.17, 15) is 13.2 Å². The van der Waals surface area contributed by atoms with Gasteiger partial charge in [0.2, 0.25) is 0 Å². The van der Waals surface area contributed by atoms with Crippen LogP contribution in [0.25, 0.3) is 0 Å². The second-order valence-electron chi connectivity index (χ2n) is 3.29. The van der Waals surface area contributed by atoms with Crippen LogP contribution >= 0.6 is 0 Å². The molecule has 1 aromatic rings. The van der Waals surface area contributed by atoms with Crippen LogP contribution < -0.4 is 0 Å². The number of halogens is 3. The minimum Gasteiger partial charge on any atom is -0.260 e. The maximum absolute atomic E-state index is 12.3. The summed E-state index contributed by atoms with van der Waals surface area (Å²) in [6, 6.07) is 0.988. The van der Waals surface area contributed by atoms with E-state index in [1.807, 2.05) is 13.8 Å². The molecule has 0 amide bonds. The Morgan fingerprint density at radius 1 is 1.46 bits per heavy atom. The topological polar surface area (TPSA) is 17.8 Å². The zero-order valence-electron chi connectivity index (χ0n) is 7.47. The van der Waals surface area contributed by atoms with Gasteiger partial charge in [-0.3, -0.25) is 4.68 Å². The molecule has 2 nitrogen and oxygen atoms in total. The van der Waals surface area contributed by atoms with Gasteiger partial charge in [-0.2, -0.15) is 18.3 Å². The van der Waals surface area contributed by atoms with Gasteiger partial charge in [0.05, 0.1) is 0 Å². The number of alkyl halides is 3. The second-order valence-corrected chi connectivity index (χ2v) is 3.29. The Balaban J connectivity index is 2.90. The number of rotatable bonds is 2. The van der Waals surface area contributed by atoms with Crippen molar-refractivity contribution in [2.24, 2.45) is 5.92 Å². The lowest BCUT2D eigenvalue weighted by Crippen LogP contribution is -2.16. The molecular formula is C8H11F3N2. The van der Waals surface area contributed by atoms with Crippen LogP contribution in [0, 0.1) is 5.92 Å². The minimum atomic E-state index is -4.30. The lowest BCUT2D eigenvalue weighted by molar-refractivity contribution is -0.144. The third-order valence-corrected chi connectivity index (χ3v) is 1.55. The molecule has 0 aliphatic heterocycles. The Kier molecular flexibility index (Phi) is 2.63. The molecule has 0 unspecified atom stereocenters. The highest BCUT2D eigenvalue weighted by molar-refractivity contribution is 5.04.